The highest BCUT2D eigenvalue weighted by Gasteiger charge is 2.19. The van der Waals surface area contributed by atoms with Crippen LogP contribution in [0.25, 0.3) is 0 Å². The van der Waals surface area contributed by atoms with Gasteiger partial charge in [0.15, 0.2) is 0 Å². The van der Waals surface area contributed by atoms with E-state index in [1.165, 1.54) is 18.2 Å². The Balaban J connectivity index is 1.75. The molecule has 1 aliphatic rings. The first kappa shape index (κ1) is 17.3. The minimum Gasteiger partial charge on any atom is -0.507 e. The Morgan fingerprint density at radius 2 is 1.80 bits per heavy atom. The molecular formula is C19H19ClN2O3. The molecule has 0 saturated carbocycles. The summed E-state index contributed by atoms with van der Waals surface area (Å²) in [7, 11) is 0. The highest BCUT2D eigenvalue weighted by atomic mass is 35.5. The van der Waals surface area contributed by atoms with Crippen LogP contribution in [0.3, 0.4) is 0 Å². The number of likely N-dealkylation sites (tertiary alicyclic amines) is 1. The van der Waals surface area contributed by atoms with Crippen molar-refractivity contribution in [1.82, 2.24) is 4.90 Å². The van der Waals surface area contributed by atoms with Crippen LogP contribution in [0.4, 0.5) is 5.69 Å². The van der Waals surface area contributed by atoms with Crippen molar-refractivity contribution in [2.45, 2.75) is 19.3 Å². The molecule has 0 spiro atoms. The number of hydrogen-bond donors (Lipinski definition) is 2. The molecule has 6 heteroatoms. The predicted molar refractivity (Wildman–Crippen MR) is 97.3 cm³/mol. The molecule has 0 aliphatic carbocycles. The van der Waals surface area contributed by atoms with Gasteiger partial charge >= 0.3 is 0 Å². The topological polar surface area (TPSA) is 69.6 Å². The van der Waals surface area contributed by atoms with Crippen LogP contribution in [-0.4, -0.2) is 34.9 Å². The number of halogens is 1. The van der Waals surface area contributed by atoms with Crippen LogP contribution in [0.1, 0.15) is 40.0 Å². The summed E-state index contributed by atoms with van der Waals surface area (Å²) >= 11 is 5.78. The second-order valence-corrected chi connectivity index (χ2v) is 6.49. The lowest BCUT2D eigenvalue weighted by Crippen LogP contribution is -2.35. The number of amides is 2. The summed E-state index contributed by atoms with van der Waals surface area (Å²) in [5, 5.41) is 12.9. The van der Waals surface area contributed by atoms with Crippen molar-refractivity contribution in [2.24, 2.45) is 0 Å². The van der Waals surface area contributed by atoms with Crippen LogP contribution in [0.15, 0.2) is 42.5 Å². The molecule has 0 unspecified atom stereocenters. The summed E-state index contributed by atoms with van der Waals surface area (Å²) in [6.45, 7) is 1.54. The number of carbonyl (C=O) groups excluding carboxylic acids is 2. The largest absolute Gasteiger partial charge is 0.507 e. The number of benzene rings is 2. The van der Waals surface area contributed by atoms with Gasteiger partial charge in [0.1, 0.15) is 5.75 Å². The molecule has 0 aromatic heterocycles. The van der Waals surface area contributed by atoms with Gasteiger partial charge in [-0.2, -0.15) is 0 Å². The first-order valence-electron chi connectivity index (χ1n) is 8.24. The highest BCUT2D eigenvalue weighted by molar-refractivity contribution is 6.31. The molecule has 0 atom stereocenters. The zero-order valence-corrected chi connectivity index (χ0v) is 14.4. The van der Waals surface area contributed by atoms with E-state index < -0.39 is 5.91 Å². The number of carbonyl (C=O) groups is 2. The van der Waals surface area contributed by atoms with Gasteiger partial charge in [-0.1, -0.05) is 17.7 Å². The fourth-order valence-corrected chi connectivity index (χ4v) is 3.07. The van der Waals surface area contributed by atoms with E-state index in [0.717, 1.165) is 32.4 Å². The summed E-state index contributed by atoms with van der Waals surface area (Å²) in [5.74, 6) is -0.674. The van der Waals surface area contributed by atoms with Gasteiger partial charge in [0.25, 0.3) is 11.8 Å². The van der Waals surface area contributed by atoms with E-state index in [1.54, 1.807) is 24.3 Å². The Morgan fingerprint density at radius 3 is 2.52 bits per heavy atom. The van der Waals surface area contributed by atoms with Gasteiger partial charge in [-0.25, -0.2) is 0 Å². The summed E-state index contributed by atoms with van der Waals surface area (Å²) in [6, 6.07) is 11.1. The minimum absolute atomic E-state index is 0.0230. The number of piperidine rings is 1. The van der Waals surface area contributed by atoms with Crippen molar-refractivity contribution < 1.29 is 14.7 Å². The van der Waals surface area contributed by atoms with Gasteiger partial charge in [-0.15, -0.1) is 0 Å². The van der Waals surface area contributed by atoms with Crippen LogP contribution < -0.4 is 5.32 Å². The predicted octanol–water partition coefficient (Wildman–Crippen LogP) is 3.92. The molecule has 2 aromatic carbocycles. The van der Waals surface area contributed by atoms with Crippen molar-refractivity contribution in [2.75, 3.05) is 18.4 Å². The standard InChI is InChI=1S/C19H19ClN2O3/c20-14-7-8-16(17(23)12-14)18(24)21-15-6-4-5-13(11-15)19(25)22-9-2-1-3-10-22/h4-8,11-12,23H,1-3,9-10H2,(H,21,24). The van der Waals surface area contributed by atoms with E-state index in [2.05, 4.69) is 5.32 Å². The third-order valence-electron chi connectivity index (χ3n) is 4.22. The van der Waals surface area contributed by atoms with Crippen molar-refractivity contribution >= 4 is 29.1 Å². The zero-order chi connectivity index (χ0) is 17.8. The average molecular weight is 359 g/mol. The number of phenols is 1. The average Bonchev–Trinajstić information content (AvgIpc) is 2.62. The van der Waals surface area contributed by atoms with Gasteiger partial charge in [0, 0.05) is 29.4 Å². The quantitative estimate of drug-likeness (QED) is 0.873. The van der Waals surface area contributed by atoms with Crippen LogP contribution in [0.5, 0.6) is 5.75 Å². The van der Waals surface area contributed by atoms with E-state index in [9.17, 15) is 14.7 Å². The molecule has 0 radical (unpaired) electrons. The second-order valence-electron chi connectivity index (χ2n) is 6.05. The number of nitrogens with zero attached hydrogens (tertiary/aromatic N) is 1. The van der Waals surface area contributed by atoms with E-state index in [1.807, 2.05) is 4.90 Å². The Bertz CT molecular complexity index is 801. The summed E-state index contributed by atoms with van der Waals surface area (Å²) in [6.07, 6.45) is 3.21. The summed E-state index contributed by atoms with van der Waals surface area (Å²) in [4.78, 5) is 26.7. The second kappa shape index (κ2) is 7.57. The lowest BCUT2D eigenvalue weighted by molar-refractivity contribution is 0.0724. The van der Waals surface area contributed by atoms with Crippen molar-refractivity contribution in [3.05, 3.63) is 58.6 Å². The number of nitrogens with one attached hydrogen (secondary N) is 1. The fourth-order valence-electron chi connectivity index (χ4n) is 2.90. The maximum absolute atomic E-state index is 12.6. The van der Waals surface area contributed by atoms with E-state index >= 15 is 0 Å². The fraction of sp³-hybridized carbons (Fsp3) is 0.263. The van der Waals surface area contributed by atoms with Crippen molar-refractivity contribution in [3.8, 4) is 5.75 Å². The summed E-state index contributed by atoms with van der Waals surface area (Å²) < 4.78 is 0. The Hall–Kier alpha value is -2.53. The first-order chi connectivity index (χ1) is 12.0. The number of aromatic hydroxyl groups is 1. The molecule has 2 aromatic rings. The molecule has 0 bridgehead atoms. The molecule has 5 nitrogen and oxygen atoms in total. The minimum atomic E-state index is -0.461. The highest BCUT2D eigenvalue weighted by Crippen LogP contribution is 2.23. The van der Waals surface area contributed by atoms with Gasteiger partial charge in [-0.05, 0) is 55.7 Å². The third-order valence-corrected chi connectivity index (χ3v) is 4.45. The Morgan fingerprint density at radius 1 is 1.04 bits per heavy atom. The van der Waals surface area contributed by atoms with Gasteiger partial charge < -0.3 is 15.3 Å². The number of rotatable bonds is 3. The van der Waals surface area contributed by atoms with E-state index in [0.29, 0.717) is 16.3 Å². The molecule has 25 heavy (non-hydrogen) atoms. The molecule has 1 saturated heterocycles. The maximum atomic E-state index is 12.6. The molecule has 3 rings (SSSR count). The lowest BCUT2D eigenvalue weighted by atomic mass is 10.1. The van der Waals surface area contributed by atoms with Crippen LogP contribution in [-0.2, 0) is 0 Å². The Labute approximate surface area is 151 Å². The molecule has 1 aliphatic heterocycles. The van der Waals surface area contributed by atoms with Gasteiger partial charge in [-0.3, -0.25) is 9.59 Å². The third kappa shape index (κ3) is 4.12. The number of phenolic OH excluding ortho intramolecular Hbond substituents is 1. The smallest absolute Gasteiger partial charge is 0.259 e. The molecule has 1 heterocycles. The SMILES string of the molecule is O=C(Nc1cccc(C(=O)N2CCCCC2)c1)c1ccc(Cl)cc1O. The normalized spacial score (nSPS) is 14.2. The lowest BCUT2D eigenvalue weighted by Gasteiger charge is -2.26. The van der Waals surface area contributed by atoms with Crippen molar-refractivity contribution in [3.63, 3.8) is 0 Å². The van der Waals surface area contributed by atoms with Crippen LogP contribution in [0, 0.1) is 0 Å². The van der Waals surface area contributed by atoms with E-state index in [-0.39, 0.29) is 17.2 Å². The maximum Gasteiger partial charge on any atom is 0.259 e. The Kier molecular flexibility index (Phi) is 5.24. The summed E-state index contributed by atoms with van der Waals surface area (Å²) in [5.41, 5.74) is 1.17. The van der Waals surface area contributed by atoms with Crippen molar-refractivity contribution in [1.29, 1.82) is 0 Å². The molecule has 1 fully saturated rings. The first-order valence-corrected chi connectivity index (χ1v) is 8.61. The molecule has 130 valence electrons. The number of anilines is 1. The molecular weight excluding hydrogens is 340 g/mol. The van der Waals surface area contributed by atoms with E-state index in [4.69, 9.17) is 11.6 Å². The van der Waals surface area contributed by atoms with Crippen LogP contribution >= 0.6 is 11.6 Å². The molecule has 2 N–H and O–H groups in total. The van der Waals surface area contributed by atoms with Gasteiger partial charge in [0.05, 0.1) is 5.56 Å². The molecule has 2 amide bonds. The zero-order valence-electron chi connectivity index (χ0n) is 13.7. The number of hydrogen-bond acceptors (Lipinski definition) is 3. The monoisotopic (exact) mass is 358 g/mol. The van der Waals surface area contributed by atoms with Gasteiger partial charge in [0.2, 0.25) is 0 Å². The van der Waals surface area contributed by atoms with Crippen LogP contribution in [0.2, 0.25) is 5.02 Å².